The van der Waals surface area contributed by atoms with E-state index < -0.39 is 0 Å². The molecule has 0 spiro atoms. The molecule has 0 saturated heterocycles. The molecule has 3 nitrogen and oxygen atoms in total. The standard InChI is InChI=1S/C10H11Cl2NO2/c1-3-10(14)13-8-4-7(12)9(15-2)5-6(8)11/h4-5H,3H2,1-2H3,(H,13,14). The maximum absolute atomic E-state index is 11.2. The van der Waals surface area contributed by atoms with Crippen LogP contribution in [0.15, 0.2) is 12.1 Å². The number of carbonyl (C=O) groups is 1. The van der Waals surface area contributed by atoms with Gasteiger partial charge in [0.2, 0.25) is 5.91 Å². The fourth-order valence-corrected chi connectivity index (χ4v) is 1.46. The second-order valence-electron chi connectivity index (χ2n) is 2.87. The molecule has 1 amide bonds. The number of hydrogen-bond donors (Lipinski definition) is 1. The van der Waals surface area contributed by atoms with Crippen LogP contribution in [0, 0.1) is 0 Å². The van der Waals surface area contributed by atoms with Crippen LogP contribution in [0.1, 0.15) is 13.3 Å². The highest BCUT2D eigenvalue weighted by Gasteiger charge is 2.09. The summed E-state index contributed by atoms with van der Waals surface area (Å²) >= 11 is 11.8. The van der Waals surface area contributed by atoms with E-state index in [-0.39, 0.29) is 5.91 Å². The molecule has 1 aromatic carbocycles. The number of rotatable bonds is 3. The predicted molar refractivity (Wildman–Crippen MR) is 61.9 cm³/mol. The summed E-state index contributed by atoms with van der Waals surface area (Å²) in [5, 5.41) is 3.45. The van der Waals surface area contributed by atoms with Gasteiger partial charge in [-0.25, -0.2) is 0 Å². The lowest BCUT2D eigenvalue weighted by atomic mass is 10.3. The van der Waals surface area contributed by atoms with E-state index in [9.17, 15) is 4.79 Å². The van der Waals surface area contributed by atoms with Crippen LogP contribution in [0.25, 0.3) is 0 Å². The van der Waals surface area contributed by atoms with Gasteiger partial charge < -0.3 is 10.1 Å². The van der Waals surface area contributed by atoms with Gasteiger partial charge in [-0.1, -0.05) is 30.1 Å². The Balaban J connectivity index is 3.00. The molecule has 0 bridgehead atoms. The highest BCUT2D eigenvalue weighted by Crippen LogP contribution is 2.33. The minimum absolute atomic E-state index is 0.113. The lowest BCUT2D eigenvalue weighted by molar-refractivity contribution is -0.115. The van der Waals surface area contributed by atoms with E-state index in [0.29, 0.717) is 27.9 Å². The summed E-state index contributed by atoms with van der Waals surface area (Å²) < 4.78 is 4.98. The summed E-state index contributed by atoms with van der Waals surface area (Å²) in [5.74, 6) is 0.370. The van der Waals surface area contributed by atoms with Gasteiger partial charge in [0.25, 0.3) is 0 Å². The highest BCUT2D eigenvalue weighted by molar-refractivity contribution is 6.36. The quantitative estimate of drug-likeness (QED) is 0.890. The molecule has 0 atom stereocenters. The lowest BCUT2D eigenvalue weighted by Crippen LogP contribution is -2.09. The molecule has 82 valence electrons. The molecule has 5 heteroatoms. The fraction of sp³-hybridized carbons (Fsp3) is 0.300. The van der Waals surface area contributed by atoms with Gasteiger partial charge in [0.05, 0.1) is 22.8 Å². The van der Waals surface area contributed by atoms with Crippen molar-refractivity contribution >= 4 is 34.8 Å². The minimum Gasteiger partial charge on any atom is -0.495 e. The minimum atomic E-state index is -0.113. The monoisotopic (exact) mass is 247 g/mol. The number of methoxy groups -OCH3 is 1. The third-order valence-electron chi connectivity index (χ3n) is 1.84. The van der Waals surface area contributed by atoms with Crippen LogP contribution in [-0.4, -0.2) is 13.0 Å². The van der Waals surface area contributed by atoms with Gasteiger partial charge in [-0.15, -0.1) is 0 Å². The van der Waals surface area contributed by atoms with Crippen LogP contribution in [0.3, 0.4) is 0 Å². The Bertz CT molecular complexity index is 380. The Hall–Kier alpha value is -0.930. The van der Waals surface area contributed by atoms with Gasteiger partial charge in [0, 0.05) is 12.5 Å². The molecule has 1 rings (SSSR count). The van der Waals surface area contributed by atoms with E-state index in [1.165, 1.54) is 7.11 Å². The number of amides is 1. The van der Waals surface area contributed by atoms with Gasteiger partial charge in [0.15, 0.2) is 0 Å². The average molecular weight is 248 g/mol. The molecule has 0 aromatic heterocycles. The number of halogens is 2. The largest absolute Gasteiger partial charge is 0.495 e. The summed E-state index contributed by atoms with van der Waals surface area (Å²) in [5.41, 5.74) is 0.495. The van der Waals surface area contributed by atoms with Crippen LogP contribution in [0.5, 0.6) is 5.75 Å². The zero-order valence-electron chi connectivity index (χ0n) is 8.43. The van der Waals surface area contributed by atoms with Crippen LogP contribution in [0.2, 0.25) is 10.0 Å². The fourth-order valence-electron chi connectivity index (χ4n) is 1.02. The molecule has 0 heterocycles. The molecule has 0 radical (unpaired) electrons. The first-order valence-corrected chi connectivity index (χ1v) is 5.17. The second kappa shape index (κ2) is 5.24. The SMILES string of the molecule is CCC(=O)Nc1cc(Cl)c(OC)cc1Cl. The first-order valence-electron chi connectivity index (χ1n) is 4.41. The maximum Gasteiger partial charge on any atom is 0.224 e. The summed E-state index contributed by atoms with van der Waals surface area (Å²) in [7, 11) is 1.50. The van der Waals surface area contributed by atoms with E-state index in [1.54, 1.807) is 19.1 Å². The molecule has 0 aliphatic rings. The van der Waals surface area contributed by atoms with Crippen LogP contribution in [-0.2, 0) is 4.79 Å². The third-order valence-corrected chi connectivity index (χ3v) is 2.44. The molecule has 0 fully saturated rings. The molecule has 0 aliphatic carbocycles. The average Bonchev–Trinajstić information content (AvgIpc) is 2.22. The number of hydrogen-bond acceptors (Lipinski definition) is 2. The zero-order valence-corrected chi connectivity index (χ0v) is 9.95. The van der Waals surface area contributed by atoms with Crippen molar-refractivity contribution in [2.75, 3.05) is 12.4 Å². The molecule has 0 saturated carbocycles. The van der Waals surface area contributed by atoms with E-state index in [1.807, 2.05) is 0 Å². The number of carbonyl (C=O) groups excluding carboxylic acids is 1. The third kappa shape index (κ3) is 3.01. The van der Waals surface area contributed by atoms with Gasteiger partial charge in [-0.2, -0.15) is 0 Å². The van der Waals surface area contributed by atoms with E-state index in [2.05, 4.69) is 5.32 Å². The number of anilines is 1. The van der Waals surface area contributed by atoms with Crippen molar-refractivity contribution in [3.05, 3.63) is 22.2 Å². The summed E-state index contributed by atoms with van der Waals surface area (Å²) in [6, 6.07) is 3.13. The highest BCUT2D eigenvalue weighted by atomic mass is 35.5. The van der Waals surface area contributed by atoms with E-state index in [4.69, 9.17) is 27.9 Å². The Kier molecular flexibility index (Phi) is 4.24. The van der Waals surface area contributed by atoms with Crippen molar-refractivity contribution in [1.29, 1.82) is 0 Å². The smallest absolute Gasteiger partial charge is 0.224 e. The Morgan fingerprint density at radius 1 is 1.40 bits per heavy atom. The predicted octanol–water partition coefficient (Wildman–Crippen LogP) is 3.35. The van der Waals surface area contributed by atoms with Crippen molar-refractivity contribution in [1.82, 2.24) is 0 Å². The molecule has 1 N–H and O–H groups in total. The number of nitrogens with one attached hydrogen (secondary N) is 1. The maximum atomic E-state index is 11.2. The van der Waals surface area contributed by atoms with Crippen molar-refractivity contribution in [3.8, 4) is 5.75 Å². The van der Waals surface area contributed by atoms with Gasteiger partial charge in [0.1, 0.15) is 5.75 Å². The number of benzene rings is 1. The van der Waals surface area contributed by atoms with Gasteiger partial charge >= 0.3 is 0 Å². The normalized spacial score (nSPS) is 9.87. The first kappa shape index (κ1) is 12.1. The Morgan fingerprint density at radius 3 is 2.60 bits per heavy atom. The van der Waals surface area contributed by atoms with E-state index >= 15 is 0 Å². The summed E-state index contributed by atoms with van der Waals surface area (Å²) in [6.07, 6.45) is 0.389. The van der Waals surface area contributed by atoms with Gasteiger partial charge in [-0.3, -0.25) is 4.79 Å². The summed E-state index contributed by atoms with van der Waals surface area (Å²) in [4.78, 5) is 11.2. The van der Waals surface area contributed by atoms with E-state index in [0.717, 1.165) is 0 Å². The Labute approximate surface area is 98.3 Å². The molecule has 15 heavy (non-hydrogen) atoms. The molecule has 1 aromatic rings. The van der Waals surface area contributed by atoms with Crippen molar-refractivity contribution in [2.45, 2.75) is 13.3 Å². The van der Waals surface area contributed by atoms with Crippen LogP contribution >= 0.6 is 23.2 Å². The topological polar surface area (TPSA) is 38.3 Å². The summed E-state index contributed by atoms with van der Waals surface area (Å²) in [6.45, 7) is 1.76. The molecule has 0 unspecified atom stereocenters. The molecular formula is C10H11Cl2NO2. The first-order chi connectivity index (χ1) is 7.08. The van der Waals surface area contributed by atoms with Gasteiger partial charge in [-0.05, 0) is 6.07 Å². The Morgan fingerprint density at radius 2 is 2.07 bits per heavy atom. The van der Waals surface area contributed by atoms with Crippen molar-refractivity contribution in [2.24, 2.45) is 0 Å². The molecular weight excluding hydrogens is 237 g/mol. The number of ether oxygens (including phenoxy) is 1. The van der Waals surface area contributed by atoms with Crippen LogP contribution < -0.4 is 10.1 Å². The zero-order chi connectivity index (χ0) is 11.4. The van der Waals surface area contributed by atoms with Crippen molar-refractivity contribution in [3.63, 3.8) is 0 Å². The van der Waals surface area contributed by atoms with Crippen molar-refractivity contribution < 1.29 is 9.53 Å². The van der Waals surface area contributed by atoms with Crippen LogP contribution in [0.4, 0.5) is 5.69 Å². The lowest BCUT2D eigenvalue weighted by Gasteiger charge is -2.09. The molecule has 0 aliphatic heterocycles. The second-order valence-corrected chi connectivity index (χ2v) is 3.68.